The maximum absolute atomic E-state index is 12.9. The van der Waals surface area contributed by atoms with E-state index >= 15 is 0 Å². The minimum absolute atomic E-state index is 0.0714. The van der Waals surface area contributed by atoms with Crippen molar-refractivity contribution in [2.45, 2.75) is 13.8 Å². The highest BCUT2D eigenvalue weighted by Crippen LogP contribution is 2.39. The van der Waals surface area contributed by atoms with Crippen molar-refractivity contribution in [1.29, 1.82) is 0 Å². The lowest BCUT2D eigenvalue weighted by Crippen LogP contribution is -2.31. The van der Waals surface area contributed by atoms with Gasteiger partial charge < -0.3 is 4.74 Å². The van der Waals surface area contributed by atoms with E-state index < -0.39 is 11.8 Å². The zero-order valence-corrected chi connectivity index (χ0v) is 14.3. The van der Waals surface area contributed by atoms with Crippen LogP contribution in [0.3, 0.4) is 0 Å². The number of hydrogen-bond donors (Lipinski definition) is 0. The summed E-state index contributed by atoms with van der Waals surface area (Å²) in [4.78, 5) is 26.6. The van der Waals surface area contributed by atoms with Crippen molar-refractivity contribution >= 4 is 34.7 Å². The molecule has 0 bridgehead atoms. The lowest BCUT2D eigenvalue weighted by molar-refractivity contribution is -0.119. The van der Waals surface area contributed by atoms with E-state index in [2.05, 4.69) is 0 Å². The summed E-state index contributed by atoms with van der Waals surface area (Å²) in [5, 5.41) is -0.0714. The quantitative estimate of drug-likeness (QED) is 0.797. The number of amides is 2. The van der Waals surface area contributed by atoms with Gasteiger partial charge in [0.2, 0.25) is 0 Å². The van der Waals surface area contributed by atoms with Crippen LogP contribution in [-0.4, -0.2) is 18.9 Å². The highest BCUT2D eigenvalue weighted by Gasteiger charge is 2.40. The molecule has 1 aliphatic rings. The maximum Gasteiger partial charge on any atom is 0.277 e. The van der Waals surface area contributed by atoms with E-state index in [1.54, 1.807) is 24.3 Å². The van der Waals surface area contributed by atoms with E-state index in [1.807, 2.05) is 32.0 Å². The van der Waals surface area contributed by atoms with Gasteiger partial charge in [-0.15, -0.1) is 0 Å². The van der Waals surface area contributed by atoms with E-state index in [-0.39, 0.29) is 10.6 Å². The minimum Gasteiger partial charge on any atom is -0.495 e. The van der Waals surface area contributed by atoms with Crippen LogP contribution in [0, 0.1) is 13.8 Å². The number of methoxy groups -OCH3 is 1. The fraction of sp³-hybridized carbons (Fsp3) is 0.158. The maximum atomic E-state index is 12.9. The highest BCUT2D eigenvalue weighted by atomic mass is 35.5. The summed E-state index contributed by atoms with van der Waals surface area (Å²) >= 11 is 6.24. The summed E-state index contributed by atoms with van der Waals surface area (Å²) in [6.07, 6.45) is 0. The fourth-order valence-corrected chi connectivity index (χ4v) is 3.13. The van der Waals surface area contributed by atoms with Crippen molar-refractivity contribution in [2.75, 3.05) is 12.0 Å². The first-order chi connectivity index (χ1) is 11.5. The molecule has 0 unspecified atom stereocenters. The number of halogens is 1. The number of nitrogens with zero attached hydrogens (tertiary/aromatic N) is 1. The van der Waals surface area contributed by atoms with Crippen molar-refractivity contribution in [3.8, 4) is 5.75 Å². The second kappa shape index (κ2) is 6.13. The van der Waals surface area contributed by atoms with Crippen LogP contribution in [0.2, 0.25) is 0 Å². The van der Waals surface area contributed by atoms with Gasteiger partial charge in [-0.05, 0) is 37.1 Å². The Bertz CT molecular complexity index is 886. The molecule has 2 amide bonds. The molecular weight excluding hydrogens is 326 g/mol. The third kappa shape index (κ3) is 2.49. The SMILES string of the molecule is COc1ccccc1N1C(=O)C(Cl)=C(c2ccc(C)cc2C)C1=O. The largest absolute Gasteiger partial charge is 0.495 e. The van der Waals surface area contributed by atoms with Crippen LogP contribution in [0.1, 0.15) is 16.7 Å². The number of aryl methyl sites for hydroxylation is 2. The van der Waals surface area contributed by atoms with E-state index in [1.165, 1.54) is 7.11 Å². The Kier molecular flexibility index (Phi) is 4.16. The van der Waals surface area contributed by atoms with Gasteiger partial charge in [0, 0.05) is 0 Å². The van der Waals surface area contributed by atoms with Gasteiger partial charge in [-0.1, -0.05) is 47.5 Å². The number of ether oxygens (including phenoxy) is 1. The van der Waals surface area contributed by atoms with Crippen LogP contribution in [-0.2, 0) is 9.59 Å². The van der Waals surface area contributed by atoms with Gasteiger partial charge in [0.05, 0.1) is 18.4 Å². The van der Waals surface area contributed by atoms with E-state index in [4.69, 9.17) is 16.3 Å². The normalized spacial score (nSPS) is 14.6. The number of benzene rings is 2. The van der Waals surface area contributed by atoms with E-state index in [0.717, 1.165) is 16.0 Å². The minimum atomic E-state index is -0.541. The summed E-state index contributed by atoms with van der Waals surface area (Å²) < 4.78 is 5.26. The molecule has 122 valence electrons. The first-order valence-electron chi connectivity index (χ1n) is 7.45. The monoisotopic (exact) mass is 341 g/mol. The predicted octanol–water partition coefficient (Wildman–Crippen LogP) is 3.84. The third-order valence-electron chi connectivity index (χ3n) is 4.00. The van der Waals surface area contributed by atoms with E-state index in [0.29, 0.717) is 17.0 Å². The van der Waals surface area contributed by atoms with Crippen molar-refractivity contribution in [1.82, 2.24) is 0 Å². The summed E-state index contributed by atoms with van der Waals surface area (Å²) in [5.41, 5.74) is 3.25. The number of carbonyl (C=O) groups excluding carboxylic acids is 2. The first kappa shape index (κ1) is 16.3. The molecule has 0 radical (unpaired) electrons. The standard InChI is InChI=1S/C19H16ClNO3/c1-11-8-9-13(12(2)10-11)16-17(20)19(23)21(18(16)22)14-6-4-5-7-15(14)24-3/h4-10H,1-3H3. The fourth-order valence-electron chi connectivity index (χ4n) is 2.86. The van der Waals surface area contributed by atoms with Gasteiger partial charge in [-0.3, -0.25) is 9.59 Å². The van der Waals surface area contributed by atoms with Crippen LogP contribution < -0.4 is 9.64 Å². The molecule has 0 spiro atoms. The molecule has 0 aliphatic carbocycles. The molecule has 0 N–H and O–H groups in total. The summed E-state index contributed by atoms with van der Waals surface area (Å²) in [6, 6.07) is 12.5. The Balaban J connectivity index is 2.11. The van der Waals surface area contributed by atoms with Crippen LogP contribution in [0.5, 0.6) is 5.75 Å². The molecule has 1 heterocycles. The zero-order valence-electron chi connectivity index (χ0n) is 13.6. The highest BCUT2D eigenvalue weighted by molar-refractivity contribution is 6.60. The predicted molar refractivity (Wildman–Crippen MR) is 94.2 cm³/mol. The topological polar surface area (TPSA) is 46.6 Å². The van der Waals surface area contributed by atoms with Gasteiger partial charge >= 0.3 is 0 Å². The molecule has 0 saturated heterocycles. The first-order valence-corrected chi connectivity index (χ1v) is 7.82. The molecule has 24 heavy (non-hydrogen) atoms. The number of anilines is 1. The van der Waals surface area contributed by atoms with Gasteiger partial charge in [-0.2, -0.15) is 0 Å². The molecule has 0 aromatic heterocycles. The molecule has 0 saturated carbocycles. The van der Waals surface area contributed by atoms with E-state index in [9.17, 15) is 9.59 Å². The summed E-state index contributed by atoms with van der Waals surface area (Å²) in [7, 11) is 1.49. The van der Waals surface area contributed by atoms with Crippen LogP contribution in [0.15, 0.2) is 47.5 Å². The van der Waals surface area contributed by atoms with Crippen molar-refractivity contribution in [3.63, 3.8) is 0 Å². The third-order valence-corrected chi connectivity index (χ3v) is 4.36. The van der Waals surface area contributed by atoms with Crippen LogP contribution in [0.4, 0.5) is 5.69 Å². The number of para-hydroxylation sites is 2. The molecule has 0 fully saturated rings. The zero-order chi connectivity index (χ0) is 17.4. The van der Waals surface area contributed by atoms with Crippen LogP contribution >= 0.6 is 11.6 Å². The molecule has 2 aromatic carbocycles. The van der Waals surface area contributed by atoms with Crippen molar-refractivity contribution < 1.29 is 14.3 Å². The average Bonchev–Trinajstić information content (AvgIpc) is 2.78. The van der Waals surface area contributed by atoms with Crippen molar-refractivity contribution in [2.24, 2.45) is 0 Å². The molecule has 2 aromatic rings. The average molecular weight is 342 g/mol. The second-order valence-electron chi connectivity index (χ2n) is 5.62. The Morgan fingerprint density at radius 1 is 1.00 bits per heavy atom. The van der Waals surface area contributed by atoms with Crippen LogP contribution in [0.25, 0.3) is 5.57 Å². The number of rotatable bonds is 3. The molecular formula is C19H16ClNO3. The molecule has 4 nitrogen and oxygen atoms in total. The molecule has 1 aliphatic heterocycles. The lowest BCUT2D eigenvalue weighted by Gasteiger charge is -2.18. The summed E-state index contributed by atoms with van der Waals surface area (Å²) in [6.45, 7) is 3.86. The summed E-state index contributed by atoms with van der Waals surface area (Å²) in [5.74, 6) is -0.548. The molecule has 0 atom stereocenters. The number of hydrogen-bond acceptors (Lipinski definition) is 3. The second-order valence-corrected chi connectivity index (χ2v) is 6.00. The molecule has 5 heteroatoms. The van der Waals surface area contributed by atoms with Gasteiger partial charge in [0.25, 0.3) is 11.8 Å². The van der Waals surface area contributed by atoms with Gasteiger partial charge in [0.15, 0.2) is 0 Å². The number of imide groups is 1. The van der Waals surface area contributed by atoms with Crippen molar-refractivity contribution in [3.05, 3.63) is 64.2 Å². The Morgan fingerprint density at radius 3 is 2.38 bits per heavy atom. The Labute approximate surface area is 145 Å². The number of carbonyl (C=O) groups is 2. The lowest BCUT2D eigenvalue weighted by atomic mass is 9.99. The molecule has 3 rings (SSSR count). The Hall–Kier alpha value is -2.59. The Morgan fingerprint density at radius 2 is 1.71 bits per heavy atom. The van der Waals surface area contributed by atoms with Gasteiger partial charge in [0.1, 0.15) is 10.8 Å². The smallest absolute Gasteiger partial charge is 0.277 e. The van der Waals surface area contributed by atoms with Gasteiger partial charge in [-0.25, -0.2) is 4.90 Å².